The number of nitrogens with two attached hydrogens (primary N) is 3. The Bertz CT molecular complexity index is 4140. The number of aromatic nitrogens is 3. The van der Waals surface area contributed by atoms with Gasteiger partial charge in [-0.3, -0.25) is 28.8 Å². The first kappa shape index (κ1) is 61.3. The van der Waals surface area contributed by atoms with Gasteiger partial charge >= 0.3 is 0 Å². The van der Waals surface area contributed by atoms with Crippen LogP contribution in [0, 0.1) is 90.3 Å². The summed E-state index contributed by atoms with van der Waals surface area (Å²) in [7, 11) is 4.79. The number of hydrogen-bond donors (Lipinski definition) is 9. The summed E-state index contributed by atoms with van der Waals surface area (Å²) >= 11 is 0. The molecule has 6 atom stereocenters. The summed E-state index contributed by atoms with van der Waals surface area (Å²) in [5.41, 5.74) is 30.6. The molecular formula is C69H63N15O6. The number of fused-ring (bicyclic) bond motifs is 3. The van der Waals surface area contributed by atoms with E-state index in [4.69, 9.17) is 33.0 Å². The van der Waals surface area contributed by atoms with Crippen LogP contribution in [-0.2, 0) is 14.4 Å². The van der Waals surface area contributed by atoms with Crippen LogP contribution in [0.2, 0.25) is 0 Å². The molecule has 3 aliphatic rings. The highest BCUT2D eigenvalue weighted by Crippen LogP contribution is 2.42. The maximum absolute atomic E-state index is 12.2. The second-order valence-electron chi connectivity index (χ2n) is 22.6. The summed E-state index contributed by atoms with van der Waals surface area (Å²) in [4.78, 5) is 85.7. The van der Waals surface area contributed by atoms with Crippen molar-refractivity contribution in [1.82, 2.24) is 30.9 Å². The van der Waals surface area contributed by atoms with Gasteiger partial charge in [0.15, 0.2) is 0 Å². The lowest BCUT2D eigenvalue weighted by molar-refractivity contribution is -0.118. The number of carbonyl (C=O) groups excluding carboxylic acids is 6. The lowest BCUT2D eigenvalue weighted by Gasteiger charge is -2.12. The molecule has 3 heterocycles. The zero-order chi connectivity index (χ0) is 64.2. The Morgan fingerprint density at radius 1 is 0.411 bits per heavy atom. The van der Waals surface area contributed by atoms with E-state index in [1.54, 1.807) is 76.1 Å². The average Bonchev–Trinajstić information content (AvgIpc) is 1.22. The van der Waals surface area contributed by atoms with E-state index in [1.807, 2.05) is 93.6 Å². The number of rotatable bonds is 12. The normalized spacial score (nSPS) is 17.2. The molecule has 3 fully saturated rings. The van der Waals surface area contributed by atoms with Crippen LogP contribution in [0.4, 0.5) is 34.5 Å². The number of nitriles is 3. The topological polar surface area (TPSA) is 363 Å². The predicted octanol–water partition coefficient (Wildman–Crippen LogP) is 9.75. The fraction of sp³-hybridized carbons (Fsp3) is 0.217. The van der Waals surface area contributed by atoms with Crippen LogP contribution < -0.4 is 49.1 Å². The zero-order valence-corrected chi connectivity index (χ0v) is 50.1. The van der Waals surface area contributed by atoms with Crippen molar-refractivity contribution in [3.8, 4) is 51.6 Å². The highest BCUT2D eigenvalue weighted by Gasteiger charge is 2.45. The third-order valence-corrected chi connectivity index (χ3v) is 16.4. The second kappa shape index (κ2) is 25.7. The third-order valence-electron chi connectivity index (χ3n) is 16.4. The molecule has 0 bridgehead atoms. The molecule has 12 rings (SSSR count). The van der Waals surface area contributed by atoms with Crippen LogP contribution in [0.5, 0.6) is 0 Å². The standard InChI is InChI=1S/3C23H21N5O2/c3*1-12-3-4-13(22(29)26-2)6-17(12)14-5-15-9-21(27-11-19(15)20(25)8-14)28-23(30)18-7-16(18)10-24/h3*3-6,8-9,11,16,18H,7,25H2,1-2H3,(H,26,29)(H,27,28,30)/t2*16-,18+;/m10./s1. The van der Waals surface area contributed by atoms with Gasteiger partial charge in [-0.1, -0.05) is 18.2 Å². The number of pyridine rings is 3. The highest BCUT2D eigenvalue weighted by atomic mass is 16.2. The minimum absolute atomic E-state index is 0.157. The fourth-order valence-electron chi connectivity index (χ4n) is 10.7. The van der Waals surface area contributed by atoms with Crippen molar-refractivity contribution >= 4 is 102 Å². The molecule has 0 saturated heterocycles. The Balaban J connectivity index is 0.000000148. The van der Waals surface area contributed by atoms with Crippen molar-refractivity contribution in [2.75, 3.05) is 54.3 Å². The molecule has 0 spiro atoms. The molecule has 0 radical (unpaired) electrons. The van der Waals surface area contributed by atoms with Crippen LogP contribution in [0.3, 0.4) is 0 Å². The van der Waals surface area contributed by atoms with Gasteiger partial charge in [0.05, 0.1) is 53.7 Å². The number of nitrogens with one attached hydrogen (secondary N) is 6. The van der Waals surface area contributed by atoms with Gasteiger partial charge in [-0.05, 0) is 197 Å². The monoisotopic (exact) mass is 1200 g/mol. The van der Waals surface area contributed by atoms with Crippen LogP contribution in [0.25, 0.3) is 65.7 Å². The molecule has 3 aliphatic carbocycles. The maximum atomic E-state index is 12.2. The Morgan fingerprint density at radius 3 is 0.911 bits per heavy atom. The average molecular weight is 1200 g/mol. The first-order chi connectivity index (χ1) is 43.2. The molecule has 6 amide bonds. The Morgan fingerprint density at radius 2 is 0.678 bits per heavy atom. The molecule has 2 unspecified atom stereocenters. The number of anilines is 6. The van der Waals surface area contributed by atoms with Crippen LogP contribution in [-0.4, -0.2) is 71.5 Å². The lowest BCUT2D eigenvalue weighted by Crippen LogP contribution is -2.17. The van der Waals surface area contributed by atoms with Gasteiger partial charge in [-0.2, -0.15) is 15.8 Å². The molecule has 3 aromatic heterocycles. The molecule has 6 aromatic carbocycles. The summed E-state index contributed by atoms with van der Waals surface area (Å²) < 4.78 is 0. The second-order valence-corrected chi connectivity index (χ2v) is 22.6. The van der Waals surface area contributed by atoms with E-state index < -0.39 is 0 Å². The van der Waals surface area contributed by atoms with E-state index in [9.17, 15) is 28.8 Å². The number of amides is 6. The molecule has 12 N–H and O–H groups in total. The first-order valence-electron chi connectivity index (χ1n) is 28.9. The van der Waals surface area contributed by atoms with Crippen molar-refractivity contribution in [2.24, 2.45) is 35.5 Å². The summed E-state index contributed by atoms with van der Waals surface area (Å²) in [6, 6.07) is 39.7. The molecule has 3 saturated carbocycles. The minimum atomic E-state index is -0.265. The zero-order valence-electron chi connectivity index (χ0n) is 50.1. The number of nitrogens with zero attached hydrogens (tertiary/aromatic N) is 6. The van der Waals surface area contributed by atoms with Crippen LogP contribution in [0.15, 0.2) is 128 Å². The first-order valence-corrected chi connectivity index (χ1v) is 28.9. The molecule has 0 aliphatic heterocycles. The van der Waals surface area contributed by atoms with E-state index in [0.29, 0.717) is 70.5 Å². The number of benzene rings is 6. The van der Waals surface area contributed by atoms with Crippen LogP contribution >= 0.6 is 0 Å². The van der Waals surface area contributed by atoms with Crippen LogP contribution in [0.1, 0.15) is 67.0 Å². The van der Waals surface area contributed by atoms with E-state index >= 15 is 0 Å². The lowest BCUT2D eigenvalue weighted by atomic mass is 9.95. The van der Waals surface area contributed by atoms with Gasteiger partial charge in [0.25, 0.3) is 17.7 Å². The SMILES string of the molecule is CNC(=O)c1ccc(C)c(-c2cc(N)c3cnc(NC(=O)C4CC4C#N)cc3c2)c1.CNC(=O)c1ccc(C)c(-c2cc(N)c3cnc(NC(=O)[C@@H]4C[C@H]4C#N)cc3c2)c1.CNC(=O)c1ccc(C)c(-c2cc(N)c3cnc(NC(=O)[C@H]4C[C@@H]4C#N)cc3c2)c1. The summed E-state index contributed by atoms with van der Waals surface area (Å²) in [6.07, 6.45) is 6.67. The van der Waals surface area contributed by atoms with E-state index in [0.717, 1.165) is 82.4 Å². The van der Waals surface area contributed by atoms with Gasteiger partial charge in [0.1, 0.15) is 17.5 Å². The Hall–Kier alpha value is -11.8. The van der Waals surface area contributed by atoms with Gasteiger partial charge < -0.3 is 49.1 Å². The summed E-state index contributed by atoms with van der Waals surface area (Å²) in [5.74, 6) is -1.19. The quantitative estimate of drug-likeness (QED) is 0.0514. The smallest absolute Gasteiger partial charge is 0.251 e. The van der Waals surface area contributed by atoms with Crippen molar-refractivity contribution in [3.05, 3.63) is 161 Å². The fourth-order valence-corrected chi connectivity index (χ4v) is 10.7. The molecular weight excluding hydrogens is 1130 g/mol. The number of hydrogen-bond acceptors (Lipinski definition) is 15. The molecule has 450 valence electrons. The molecule has 90 heavy (non-hydrogen) atoms. The highest BCUT2D eigenvalue weighted by molar-refractivity contribution is 6.05. The Kier molecular flexibility index (Phi) is 17.5. The number of aryl methyl sites for hydroxylation is 3. The van der Waals surface area contributed by atoms with E-state index in [-0.39, 0.29) is 71.0 Å². The van der Waals surface area contributed by atoms with Gasteiger partial charge in [-0.15, -0.1) is 0 Å². The maximum Gasteiger partial charge on any atom is 0.251 e. The van der Waals surface area contributed by atoms with Crippen molar-refractivity contribution in [2.45, 2.75) is 40.0 Å². The summed E-state index contributed by atoms with van der Waals surface area (Å²) in [5, 5.41) is 47.8. The van der Waals surface area contributed by atoms with Gasteiger partial charge in [-0.25, -0.2) is 15.0 Å². The predicted molar refractivity (Wildman–Crippen MR) is 347 cm³/mol. The van der Waals surface area contributed by atoms with Gasteiger partial charge in [0, 0.05) is 89.6 Å². The minimum Gasteiger partial charge on any atom is -0.398 e. The molecule has 21 nitrogen and oxygen atoms in total. The van der Waals surface area contributed by atoms with Crippen molar-refractivity contribution < 1.29 is 28.8 Å². The third kappa shape index (κ3) is 13.3. The van der Waals surface area contributed by atoms with Crippen molar-refractivity contribution in [3.63, 3.8) is 0 Å². The molecule has 9 aromatic rings. The summed E-state index contributed by atoms with van der Waals surface area (Å²) in [6.45, 7) is 5.93. The Labute approximate surface area is 518 Å². The number of carbonyl (C=O) groups is 6. The van der Waals surface area contributed by atoms with E-state index in [2.05, 4.69) is 65.1 Å². The van der Waals surface area contributed by atoms with Gasteiger partial charge in [0.2, 0.25) is 17.7 Å². The molecule has 21 heteroatoms. The van der Waals surface area contributed by atoms with Crippen molar-refractivity contribution in [1.29, 1.82) is 15.8 Å². The largest absolute Gasteiger partial charge is 0.398 e. The van der Waals surface area contributed by atoms with E-state index in [1.165, 1.54) is 0 Å². The number of nitrogen functional groups attached to an aromatic ring is 3.